The fraction of sp³-hybridized carbons (Fsp3) is 0.286. The molecular formula is C21H18ClF4N3O6. The molecule has 0 fully saturated rings. The lowest BCUT2D eigenvalue weighted by Crippen LogP contribution is -2.50. The van der Waals surface area contributed by atoms with Gasteiger partial charge in [-0.05, 0) is 19.1 Å². The lowest BCUT2D eigenvalue weighted by molar-refractivity contribution is -0.190. The first kappa shape index (κ1) is 26.0. The summed E-state index contributed by atoms with van der Waals surface area (Å²) in [6.45, 7) is 2.37. The van der Waals surface area contributed by atoms with Gasteiger partial charge in [-0.25, -0.2) is 13.8 Å². The molecule has 188 valence electrons. The molecule has 0 spiro atoms. The highest BCUT2D eigenvalue weighted by Crippen LogP contribution is 2.37. The fourth-order valence-electron chi connectivity index (χ4n) is 3.12. The van der Waals surface area contributed by atoms with Gasteiger partial charge in [0.1, 0.15) is 17.1 Å². The molecule has 0 bridgehead atoms. The zero-order valence-corrected chi connectivity index (χ0v) is 19.1. The minimum Gasteiger partial charge on any atom is -0.452 e. The zero-order valence-electron chi connectivity index (χ0n) is 18.4. The van der Waals surface area contributed by atoms with E-state index in [-0.39, 0.29) is 21.0 Å². The molecule has 0 saturated carbocycles. The number of alkyl halides is 4. The van der Waals surface area contributed by atoms with Crippen LogP contribution in [0.5, 0.6) is 5.75 Å². The summed E-state index contributed by atoms with van der Waals surface area (Å²) in [5, 5.41) is 0.0565. The van der Waals surface area contributed by atoms with E-state index in [2.05, 4.69) is 5.32 Å². The molecule has 35 heavy (non-hydrogen) atoms. The third-order valence-corrected chi connectivity index (χ3v) is 4.96. The predicted octanol–water partition coefficient (Wildman–Crippen LogP) is 3.05. The van der Waals surface area contributed by atoms with Crippen molar-refractivity contribution in [1.29, 1.82) is 0 Å². The van der Waals surface area contributed by atoms with Crippen LogP contribution in [-0.2, 0) is 27.5 Å². The van der Waals surface area contributed by atoms with Crippen molar-refractivity contribution in [3.8, 4) is 5.75 Å². The highest BCUT2D eigenvalue weighted by atomic mass is 35.5. The van der Waals surface area contributed by atoms with E-state index in [4.69, 9.17) is 25.8 Å². The summed E-state index contributed by atoms with van der Waals surface area (Å²) in [7, 11) is 0.774. The topological polar surface area (TPSA) is 101 Å². The molecular weight excluding hydrogens is 502 g/mol. The molecule has 0 aliphatic carbocycles. The second-order valence-corrected chi connectivity index (χ2v) is 7.70. The van der Waals surface area contributed by atoms with Crippen LogP contribution in [-0.4, -0.2) is 26.6 Å². The summed E-state index contributed by atoms with van der Waals surface area (Å²) >= 11 is 6.40. The minimum atomic E-state index is -5.01. The molecule has 0 radical (unpaired) electrons. The SMILES string of the molecule is CC(=O)OC(C)OC1(Cl)NC=C(n2c(=O)cc(C(F)(F)F)n(C)c2=O)C(F)=C1Oc1ccccc1. The molecule has 0 amide bonds. The molecule has 3 rings (SSSR count). The van der Waals surface area contributed by atoms with Gasteiger partial charge in [-0.2, -0.15) is 13.2 Å². The Balaban J connectivity index is 2.16. The Morgan fingerprint density at radius 1 is 1.20 bits per heavy atom. The standard InChI is InChI=1S/C21H18ClF4N3O6/c1-11(30)33-12(2)35-20(22)18(34-13-7-5-4-6-8-13)17(23)14(10-27-20)29-16(31)9-15(21(24,25)26)28(3)19(29)32/h4-10,12,27H,1-3H3. The maximum absolute atomic E-state index is 15.8. The summed E-state index contributed by atoms with van der Waals surface area (Å²) in [5.74, 6) is -2.89. The number of carbonyl (C=O) groups is 1. The van der Waals surface area contributed by atoms with Crippen LogP contribution in [0.25, 0.3) is 5.70 Å². The smallest absolute Gasteiger partial charge is 0.431 e. The molecule has 14 heteroatoms. The molecule has 1 N–H and O–H groups in total. The summed E-state index contributed by atoms with van der Waals surface area (Å²) < 4.78 is 71.4. The second-order valence-electron chi connectivity index (χ2n) is 7.16. The summed E-state index contributed by atoms with van der Waals surface area (Å²) in [5.41, 5.74) is -5.26. The second kappa shape index (κ2) is 9.58. The average molecular weight is 520 g/mol. The Bertz CT molecular complexity index is 1320. The number of ether oxygens (including phenoxy) is 3. The van der Waals surface area contributed by atoms with Crippen LogP contribution in [0.15, 0.2) is 63.8 Å². The van der Waals surface area contributed by atoms with Gasteiger partial charge in [0.05, 0.1) is 0 Å². The van der Waals surface area contributed by atoms with Gasteiger partial charge in [0.25, 0.3) is 10.7 Å². The lowest BCUT2D eigenvalue weighted by atomic mass is 10.2. The van der Waals surface area contributed by atoms with E-state index in [0.29, 0.717) is 0 Å². The van der Waals surface area contributed by atoms with E-state index < -0.39 is 57.8 Å². The lowest BCUT2D eigenvalue weighted by Gasteiger charge is -2.35. The van der Waals surface area contributed by atoms with Crippen LogP contribution in [0.3, 0.4) is 0 Å². The predicted molar refractivity (Wildman–Crippen MR) is 114 cm³/mol. The van der Waals surface area contributed by atoms with Gasteiger partial charge in [0.15, 0.2) is 5.83 Å². The van der Waals surface area contributed by atoms with Crippen LogP contribution >= 0.6 is 11.6 Å². The normalized spacial score (nSPS) is 19.0. The molecule has 1 aromatic carbocycles. The Labute approximate surface area is 199 Å². The largest absolute Gasteiger partial charge is 0.452 e. The Hall–Kier alpha value is -3.58. The number of nitrogens with zero attached hydrogens (tertiary/aromatic N) is 2. The summed E-state index contributed by atoms with van der Waals surface area (Å²) in [6, 6.07) is 7.74. The first-order valence-corrected chi connectivity index (χ1v) is 10.2. The molecule has 0 saturated heterocycles. The maximum atomic E-state index is 15.8. The van der Waals surface area contributed by atoms with Gasteiger partial charge in [-0.1, -0.05) is 29.8 Å². The number of para-hydroxylation sites is 1. The zero-order chi connectivity index (χ0) is 26.1. The third-order valence-electron chi connectivity index (χ3n) is 4.59. The van der Waals surface area contributed by atoms with Gasteiger partial charge in [-0.3, -0.25) is 18.9 Å². The van der Waals surface area contributed by atoms with Crippen LogP contribution in [0.2, 0.25) is 0 Å². The van der Waals surface area contributed by atoms with E-state index in [1.807, 2.05) is 0 Å². The van der Waals surface area contributed by atoms with Gasteiger partial charge in [0.2, 0.25) is 12.0 Å². The van der Waals surface area contributed by atoms with Crippen molar-refractivity contribution in [2.45, 2.75) is 31.5 Å². The van der Waals surface area contributed by atoms with Crippen molar-refractivity contribution in [3.63, 3.8) is 0 Å². The highest BCUT2D eigenvalue weighted by Gasteiger charge is 2.45. The number of benzene rings is 1. The van der Waals surface area contributed by atoms with Gasteiger partial charge < -0.3 is 14.8 Å². The minimum absolute atomic E-state index is 0.0575. The van der Waals surface area contributed by atoms with Crippen LogP contribution in [0.4, 0.5) is 17.6 Å². The number of hydrogen-bond acceptors (Lipinski definition) is 7. The molecule has 1 aromatic heterocycles. The summed E-state index contributed by atoms with van der Waals surface area (Å²) in [6.07, 6.45) is -5.58. The number of esters is 1. The van der Waals surface area contributed by atoms with Crippen molar-refractivity contribution < 1.29 is 36.6 Å². The van der Waals surface area contributed by atoms with Gasteiger partial charge in [0, 0.05) is 26.2 Å². The average Bonchev–Trinajstić information content (AvgIpc) is 2.74. The fourth-order valence-corrected chi connectivity index (χ4v) is 3.42. The quantitative estimate of drug-likeness (QED) is 0.206. The first-order chi connectivity index (χ1) is 16.2. The molecule has 2 unspecified atom stereocenters. The molecule has 1 aliphatic heterocycles. The first-order valence-electron chi connectivity index (χ1n) is 9.80. The van der Waals surface area contributed by atoms with Crippen LogP contribution in [0.1, 0.15) is 19.5 Å². The van der Waals surface area contributed by atoms with E-state index in [1.54, 1.807) is 18.2 Å². The van der Waals surface area contributed by atoms with Gasteiger partial charge in [-0.15, -0.1) is 0 Å². The maximum Gasteiger partial charge on any atom is 0.431 e. The van der Waals surface area contributed by atoms with Gasteiger partial charge >= 0.3 is 17.8 Å². The number of carbonyl (C=O) groups excluding carboxylic acids is 1. The number of allylic oxidation sites excluding steroid dienone is 2. The molecule has 2 atom stereocenters. The van der Waals surface area contributed by atoms with Crippen molar-refractivity contribution in [3.05, 3.63) is 80.7 Å². The molecule has 9 nitrogen and oxygen atoms in total. The van der Waals surface area contributed by atoms with E-state index >= 15 is 4.39 Å². The van der Waals surface area contributed by atoms with Crippen molar-refractivity contribution in [2.75, 3.05) is 0 Å². The number of rotatable bonds is 6. The van der Waals surface area contributed by atoms with E-state index in [9.17, 15) is 27.6 Å². The molecule has 2 aromatic rings. The van der Waals surface area contributed by atoms with Crippen molar-refractivity contribution in [2.24, 2.45) is 7.05 Å². The van der Waals surface area contributed by atoms with Crippen molar-refractivity contribution in [1.82, 2.24) is 14.5 Å². The molecule has 2 heterocycles. The Morgan fingerprint density at radius 3 is 2.40 bits per heavy atom. The number of aromatic nitrogens is 2. The van der Waals surface area contributed by atoms with E-state index in [0.717, 1.165) is 20.2 Å². The van der Waals surface area contributed by atoms with Crippen LogP contribution < -0.4 is 21.3 Å². The number of halogens is 5. The van der Waals surface area contributed by atoms with Crippen LogP contribution in [0, 0.1) is 0 Å². The Morgan fingerprint density at radius 2 is 1.83 bits per heavy atom. The summed E-state index contributed by atoms with van der Waals surface area (Å²) in [4.78, 5) is 36.3. The number of dihydropyridines is 1. The number of nitrogens with one attached hydrogen (secondary N) is 1. The van der Waals surface area contributed by atoms with E-state index in [1.165, 1.54) is 19.1 Å². The Kier molecular flexibility index (Phi) is 7.13. The van der Waals surface area contributed by atoms with Crippen molar-refractivity contribution >= 4 is 23.3 Å². The number of hydrogen-bond donors (Lipinski definition) is 1. The highest BCUT2D eigenvalue weighted by molar-refractivity contribution is 6.24. The molecule has 1 aliphatic rings. The third kappa shape index (κ3) is 5.41. The monoisotopic (exact) mass is 519 g/mol.